The predicted molar refractivity (Wildman–Crippen MR) is 78.2 cm³/mol. The van der Waals surface area contributed by atoms with Gasteiger partial charge in [0, 0.05) is 47.2 Å². The van der Waals surface area contributed by atoms with Crippen LogP contribution in [0.15, 0.2) is 12.2 Å². The number of aldehydes is 1. The first-order valence-corrected chi connectivity index (χ1v) is 6.88. The van der Waals surface area contributed by atoms with Crippen molar-refractivity contribution in [2.75, 3.05) is 26.8 Å². The summed E-state index contributed by atoms with van der Waals surface area (Å²) in [6.45, 7) is 3.64. The molecule has 0 saturated heterocycles. The summed E-state index contributed by atoms with van der Waals surface area (Å²) >= 11 is 0. The summed E-state index contributed by atoms with van der Waals surface area (Å²) in [5.74, 6) is -0.170. The van der Waals surface area contributed by atoms with Crippen LogP contribution in [-0.4, -0.2) is 49.8 Å². The maximum atomic E-state index is 11.4. The normalized spacial score (nSPS) is 10.0. The zero-order valence-electron chi connectivity index (χ0n) is 12.7. The summed E-state index contributed by atoms with van der Waals surface area (Å²) in [5, 5.41) is 6.73. The minimum atomic E-state index is -0.184. The molecule has 0 aromatic carbocycles. The van der Waals surface area contributed by atoms with E-state index in [4.69, 9.17) is 0 Å². The van der Waals surface area contributed by atoms with Gasteiger partial charge in [0.1, 0.15) is 6.29 Å². The zero-order chi connectivity index (χ0) is 15.2. The second kappa shape index (κ2) is 15.4. The van der Waals surface area contributed by atoms with Gasteiger partial charge in [-0.15, -0.1) is 0 Å². The monoisotopic (exact) mass is 466 g/mol. The molecule has 7 heteroatoms. The molecule has 0 spiro atoms. The second-order valence-corrected chi connectivity index (χ2v) is 4.36. The van der Waals surface area contributed by atoms with Crippen LogP contribution in [0.5, 0.6) is 0 Å². The van der Waals surface area contributed by atoms with Gasteiger partial charge in [-0.3, -0.25) is 14.4 Å². The first kappa shape index (κ1) is 22.3. The molecular formula is C14H24N3O3W-. The quantitative estimate of drug-likeness (QED) is 0.283. The van der Waals surface area contributed by atoms with Crippen LogP contribution in [0.4, 0.5) is 0 Å². The molecule has 0 bridgehead atoms. The Balaban J connectivity index is 0. The third-order valence-corrected chi connectivity index (χ3v) is 2.70. The number of amides is 2. The fraction of sp³-hybridized carbons (Fsp3) is 0.643. The summed E-state index contributed by atoms with van der Waals surface area (Å²) in [4.78, 5) is 34.4. The van der Waals surface area contributed by atoms with Crippen molar-refractivity contribution < 1.29 is 35.4 Å². The van der Waals surface area contributed by atoms with Crippen molar-refractivity contribution in [3.63, 3.8) is 0 Å². The zero-order valence-corrected chi connectivity index (χ0v) is 15.6. The summed E-state index contributed by atoms with van der Waals surface area (Å²) in [5.41, 5.74) is 0. The standard InChI is InChI=1S/C14H24N3O3.W/c1-3-15-12-16-13(19)8-5-4-6-10-17(2)14(20)9-7-11-18;/h7,9,11H,3-6,8,10,12H2,1-2H3,(H,16,19);/q-1;/b9-7-;. The van der Waals surface area contributed by atoms with E-state index in [2.05, 4.69) is 10.6 Å². The van der Waals surface area contributed by atoms with Crippen LogP contribution < -0.4 is 5.32 Å². The van der Waals surface area contributed by atoms with Gasteiger partial charge in [-0.2, -0.15) is 6.54 Å². The fourth-order valence-electron chi connectivity index (χ4n) is 1.51. The average Bonchev–Trinajstić information content (AvgIpc) is 2.44. The number of carbonyl (C=O) groups is 3. The molecule has 120 valence electrons. The van der Waals surface area contributed by atoms with Gasteiger partial charge in [0.2, 0.25) is 11.8 Å². The van der Waals surface area contributed by atoms with E-state index in [-0.39, 0.29) is 32.9 Å². The molecule has 0 atom stereocenters. The summed E-state index contributed by atoms with van der Waals surface area (Å²) in [6.07, 6.45) is 6.01. The molecule has 0 heterocycles. The van der Waals surface area contributed by atoms with E-state index in [0.29, 0.717) is 32.5 Å². The van der Waals surface area contributed by atoms with Gasteiger partial charge < -0.3 is 15.5 Å². The number of rotatable bonds is 11. The van der Waals surface area contributed by atoms with Crippen LogP contribution in [0.3, 0.4) is 0 Å². The van der Waals surface area contributed by atoms with E-state index in [1.807, 2.05) is 6.92 Å². The van der Waals surface area contributed by atoms with Crippen molar-refractivity contribution in [1.82, 2.24) is 10.2 Å². The van der Waals surface area contributed by atoms with Gasteiger partial charge in [0.25, 0.3) is 0 Å². The minimum Gasteiger partial charge on any atom is -0.645 e. The van der Waals surface area contributed by atoms with Crippen molar-refractivity contribution in [1.29, 1.82) is 0 Å². The van der Waals surface area contributed by atoms with Crippen LogP contribution in [0, 0.1) is 0 Å². The Morgan fingerprint density at radius 2 is 1.95 bits per heavy atom. The number of carbonyl (C=O) groups excluding carboxylic acids is 3. The Bertz CT molecular complexity index is 335. The first-order chi connectivity index (χ1) is 9.61. The van der Waals surface area contributed by atoms with Gasteiger partial charge in [-0.25, -0.2) is 0 Å². The number of nitrogens with zero attached hydrogens (tertiary/aromatic N) is 2. The van der Waals surface area contributed by atoms with E-state index in [9.17, 15) is 14.4 Å². The molecule has 0 radical (unpaired) electrons. The van der Waals surface area contributed by atoms with Crippen molar-refractivity contribution in [2.24, 2.45) is 0 Å². The molecule has 0 aliphatic carbocycles. The molecule has 6 nitrogen and oxygen atoms in total. The Hall–Kier alpha value is -1.00. The molecule has 0 aromatic rings. The molecule has 0 saturated carbocycles. The molecule has 2 amide bonds. The van der Waals surface area contributed by atoms with Crippen LogP contribution >= 0.6 is 0 Å². The average molecular weight is 466 g/mol. The Kier molecular flexibility index (Phi) is 16.3. The maximum absolute atomic E-state index is 11.4. The van der Waals surface area contributed by atoms with E-state index >= 15 is 0 Å². The molecule has 0 rings (SSSR count). The van der Waals surface area contributed by atoms with Crippen molar-refractivity contribution in [3.05, 3.63) is 17.5 Å². The van der Waals surface area contributed by atoms with E-state index in [0.717, 1.165) is 19.3 Å². The molecule has 0 fully saturated rings. The molecule has 0 aromatic heterocycles. The van der Waals surface area contributed by atoms with E-state index < -0.39 is 0 Å². The summed E-state index contributed by atoms with van der Waals surface area (Å²) in [7, 11) is 1.69. The van der Waals surface area contributed by atoms with E-state index in [1.54, 1.807) is 11.9 Å². The summed E-state index contributed by atoms with van der Waals surface area (Å²) in [6, 6.07) is 0. The van der Waals surface area contributed by atoms with Gasteiger partial charge in [-0.1, -0.05) is 20.0 Å². The Morgan fingerprint density at radius 3 is 2.57 bits per heavy atom. The first-order valence-electron chi connectivity index (χ1n) is 6.88. The van der Waals surface area contributed by atoms with Gasteiger partial charge in [-0.05, 0) is 18.9 Å². The fourth-order valence-corrected chi connectivity index (χ4v) is 1.51. The molecular weight excluding hydrogens is 442 g/mol. The van der Waals surface area contributed by atoms with E-state index in [1.165, 1.54) is 12.2 Å². The molecule has 0 aliphatic heterocycles. The van der Waals surface area contributed by atoms with Crippen molar-refractivity contribution in [2.45, 2.75) is 32.6 Å². The third-order valence-electron chi connectivity index (χ3n) is 2.70. The van der Waals surface area contributed by atoms with Crippen LogP contribution in [-0.2, 0) is 35.4 Å². The van der Waals surface area contributed by atoms with Crippen LogP contribution in [0.25, 0.3) is 5.32 Å². The molecule has 1 N–H and O–H groups in total. The largest absolute Gasteiger partial charge is 0.645 e. The van der Waals surface area contributed by atoms with Crippen LogP contribution in [0.2, 0.25) is 0 Å². The number of nitrogens with one attached hydrogen (secondary N) is 1. The maximum Gasteiger partial charge on any atom is 0.246 e. The topological polar surface area (TPSA) is 80.6 Å². The third kappa shape index (κ3) is 13.7. The number of allylic oxidation sites excluding steroid dienone is 1. The molecule has 21 heavy (non-hydrogen) atoms. The number of likely N-dealkylation sites (N-methyl/N-ethyl adjacent to an activating group) is 1. The van der Waals surface area contributed by atoms with Gasteiger partial charge in [0.15, 0.2) is 0 Å². The molecule has 0 unspecified atom stereocenters. The van der Waals surface area contributed by atoms with Crippen molar-refractivity contribution in [3.8, 4) is 0 Å². The number of unbranched alkanes of at least 4 members (excludes halogenated alkanes) is 2. The van der Waals surface area contributed by atoms with Gasteiger partial charge >= 0.3 is 0 Å². The second-order valence-electron chi connectivity index (χ2n) is 4.36. The van der Waals surface area contributed by atoms with Crippen LogP contribution in [0.1, 0.15) is 32.6 Å². The predicted octanol–water partition coefficient (Wildman–Crippen LogP) is 1.23. The SMILES string of the molecule is CC[N-]CNC(=O)CCCCCN(C)C(=O)/C=C\C=O.[W]. The number of hydrogen-bond donors (Lipinski definition) is 1. The van der Waals surface area contributed by atoms with Crippen molar-refractivity contribution >= 4 is 18.1 Å². The number of hydrogen-bond acceptors (Lipinski definition) is 3. The minimum absolute atomic E-state index is 0. The molecule has 0 aliphatic rings. The smallest absolute Gasteiger partial charge is 0.246 e. The summed E-state index contributed by atoms with van der Waals surface area (Å²) < 4.78 is 0. The van der Waals surface area contributed by atoms with Gasteiger partial charge in [0.05, 0.1) is 0 Å². The Morgan fingerprint density at radius 1 is 1.24 bits per heavy atom. The Labute approximate surface area is 141 Å².